The normalized spacial score (nSPS) is 10.6. The van der Waals surface area contributed by atoms with Crippen molar-refractivity contribution in [2.24, 2.45) is 0 Å². The average Bonchev–Trinajstić information content (AvgIpc) is 2.27. The summed E-state index contributed by atoms with van der Waals surface area (Å²) >= 11 is 4.81. The van der Waals surface area contributed by atoms with Crippen LogP contribution < -0.4 is 10.5 Å². The first-order valence-electron chi connectivity index (χ1n) is 4.84. The van der Waals surface area contributed by atoms with E-state index in [1.807, 2.05) is 0 Å². The highest BCUT2D eigenvalue weighted by molar-refractivity contribution is 7.71. The molecule has 0 fully saturated rings. The quantitative estimate of drug-likeness (QED) is 0.837. The Hall–Kier alpha value is -2.09. The van der Waals surface area contributed by atoms with E-state index in [4.69, 9.17) is 18.0 Å². The van der Waals surface area contributed by atoms with Gasteiger partial charge < -0.3 is 15.5 Å². The van der Waals surface area contributed by atoms with Crippen molar-refractivity contribution in [3.8, 4) is 17.1 Å². The molecule has 2 aromatic rings. The fourth-order valence-corrected chi connectivity index (χ4v) is 1.58. The number of nitrogens with one attached hydrogen (secondary N) is 1. The van der Waals surface area contributed by atoms with Gasteiger partial charge in [0.2, 0.25) is 10.7 Å². The van der Waals surface area contributed by atoms with Crippen molar-refractivity contribution < 1.29 is 13.5 Å². The first-order chi connectivity index (χ1) is 8.56. The largest absolute Gasteiger partial charge is 0.434 e. The van der Waals surface area contributed by atoms with E-state index in [0.29, 0.717) is 5.56 Å². The number of para-hydroxylation sites is 1. The SMILES string of the molecule is Nc1nc(=S)nc(-c2ccccc2OC(F)F)[nH]1. The third kappa shape index (κ3) is 2.77. The van der Waals surface area contributed by atoms with Crippen LogP contribution >= 0.6 is 12.2 Å². The second-order valence-corrected chi connectivity index (χ2v) is 3.60. The van der Waals surface area contributed by atoms with Gasteiger partial charge in [-0.3, -0.25) is 0 Å². The van der Waals surface area contributed by atoms with Crippen molar-refractivity contribution in [1.82, 2.24) is 15.0 Å². The maximum atomic E-state index is 12.3. The predicted molar refractivity (Wildman–Crippen MR) is 63.7 cm³/mol. The number of hydrogen-bond donors (Lipinski definition) is 2. The Bertz CT molecular complexity index is 617. The van der Waals surface area contributed by atoms with Crippen LogP contribution in [0.2, 0.25) is 0 Å². The van der Waals surface area contributed by atoms with Crippen LogP contribution in [0.1, 0.15) is 0 Å². The molecule has 0 aliphatic heterocycles. The molecule has 1 aromatic heterocycles. The zero-order valence-corrected chi connectivity index (χ0v) is 9.75. The summed E-state index contributed by atoms with van der Waals surface area (Å²) in [6, 6.07) is 6.19. The van der Waals surface area contributed by atoms with E-state index in [1.54, 1.807) is 18.2 Å². The summed E-state index contributed by atoms with van der Waals surface area (Å²) in [5.41, 5.74) is 5.82. The second-order valence-electron chi connectivity index (χ2n) is 3.24. The van der Waals surface area contributed by atoms with Gasteiger partial charge in [0, 0.05) is 0 Å². The lowest BCUT2D eigenvalue weighted by atomic mass is 10.2. The minimum absolute atomic E-state index is 0.0174. The van der Waals surface area contributed by atoms with Crippen molar-refractivity contribution in [2.75, 3.05) is 5.73 Å². The molecule has 0 aliphatic rings. The summed E-state index contributed by atoms with van der Waals surface area (Å²) in [4.78, 5) is 10.2. The number of halogens is 2. The lowest BCUT2D eigenvalue weighted by molar-refractivity contribution is -0.0494. The first kappa shape index (κ1) is 12.4. The van der Waals surface area contributed by atoms with E-state index >= 15 is 0 Å². The van der Waals surface area contributed by atoms with Gasteiger partial charge in [-0.2, -0.15) is 13.8 Å². The predicted octanol–water partition coefficient (Wildman–Crippen LogP) is 2.38. The maximum Gasteiger partial charge on any atom is 0.387 e. The Morgan fingerprint density at radius 3 is 2.67 bits per heavy atom. The number of rotatable bonds is 3. The fourth-order valence-electron chi connectivity index (χ4n) is 1.39. The molecule has 1 aromatic carbocycles. The van der Waals surface area contributed by atoms with E-state index < -0.39 is 6.61 Å². The molecule has 0 aliphatic carbocycles. The van der Waals surface area contributed by atoms with Gasteiger partial charge in [-0.25, -0.2) is 4.98 Å². The zero-order chi connectivity index (χ0) is 13.1. The molecule has 0 spiro atoms. The van der Waals surface area contributed by atoms with Gasteiger partial charge in [-0.1, -0.05) is 12.1 Å². The fraction of sp³-hybridized carbons (Fsp3) is 0.100. The Labute approximate surface area is 106 Å². The third-order valence-electron chi connectivity index (χ3n) is 2.03. The van der Waals surface area contributed by atoms with Crippen LogP contribution in [0.4, 0.5) is 14.7 Å². The van der Waals surface area contributed by atoms with Crippen molar-refractivity contribution in [1.29, 1.82) is 0 Å². The summed E-state index contributed by atoms with van der Waals surface area (Å²) in [6.07, 6.45) is 0. The molecule has 18 heavy (non-hydrogen) atoms. The first-order valence-corrected chi connectivity index (χ1v) is 5.25. The Morgan fingerprint density at radius 1 is 1.28 bits per heavy atom. The van der Waals surface area contributed by atoms with Crippen LogP contribution in [0.15, 0.2) is 24.3 Å². The Kier molecular flexibility index (Phi) is 3.47. The standard InChI is InChI=1S/C10H8F2N4OS/c11-8(12)17-6-4-2-1-3-5(6)7-14-9(13)16-10(18)15-7/h1-4,8H,(H3,13,14,15,16,18). The van der Waals surface area contributed by atoms with Gasteiger partial charge in [0.1, 0.15) is 11.6 Å². The number of ether oxygens (including phenoxy) is 1. The molecule has 5 nitrogen and oxygen atoms in total. The molecule has 0 radical (unpaired) electrons. The summed E-state index contributed by atoms with van der Waals surface area (Å²) in [5.74, 6) is 0.261. The summed E-state index contributed by atoms with van der Waals surface area (Å²) in [5, 5.41) is 0. The zero-order valence-electron chi connectivity index (χ0n) is 8.93. The molecule has 94 valence electrons. The highest BCUT2D eigenvalue weighted by Gasteiger charge is 2.12. The number of anilines is 1. The van der Waals surface area contributed by atoms with E-state index in [9.17, 15) is 8.78 Å². The monoisotopic (exact) mass is 270 g/mol. The van der Waals surface area contributed by atoms with E-state index in [-0.39, 0.29) is 22.3 Å². The molecular weight excluding hydrogens is 262 g/mol. The van der Waals surface area contributed by atoms with Crippen molar-refractivity contribution in [3.63, 3.8) is 0 Å². The molecule has 0 saturated heterocycles. The smallest absolute Gasteiger partial charge is 0.387 e. The number of aromatic nitrogens is 3. The maximum absolute atomic E-state index is 12.3. The summed E-state index contributed by atoms with van der Waals surface area (Å²) in [7, 11) is 0. The highest BCUT2D eigenvalue weighted by Crippen LogP contribution is 2.28. The molecule has 0 amide bonds. The number of hydrogen-bond acceptors (Lipinski definition) is 5. The van der Waals surface area contributed by atoms with E-state index in [2.05, 4.69) is 19.7 Å². The van der Waals surface area contributed by atoms with Gasteiger partial charge in [0.05, 0.1) is 5.56 Å². The molecule has 3 N–H and O–H groups in total. The number of H-pyrrole nitrogens is 1. The third-order valence-corrected chi connectivity index (χ3v) is 2.21. The molecule has 0 saturated carbocycles. The summed E-state index contributed by atoms with van der Waals surface area (Å²) in [6.45, 7) is -2.92. The van der Waals surface area contributed by atoms with E-state index in [0.717, 1.165) is 0 Å². The number of nitrogens with two attached hydrogens (primary N) is 1. The van der Waals surface area contributed by atoms with E-state index in [1.165, 1.54) is 6.07 Å². The molecule has 2 rings (SSSR count). The molecule has 0 bridgehead atoms. The second kappa shape index (κ2) is 5.05. The molecule has 8 heteroatoms. The van der Waals surface area contributed by atoms with Gasteiger partial charge >= 0.3 is 6.61 Å². The van der Waals surface area contributed by atoms with Crippen molar-refractivity contribution in [2.45, 2.75) is 6.61 Å². The van der Waals surface area contributed by atoms with Gasteiger partial charge in [-0.05, 0) is 24.4 Å². The van der Waals surface area contributed by atoms with Crippen LogP contribution in [0, 0.1) is 4.77 Å². The topological polar surface area (TPSA) is 76.8 Å². The van der Waals surface area contributed by atoms with Crippen LogP contribution in [0.25, 0.3) is 11.4 Å². The van der Waals surface area contributed by atoms with Gasteiger partial charge in [0.15, 0.2) is 0 Å². The molecular formula is C10H8F2N4OS. The van der Waals surface area contributed by atoms with Gasteiger partial charge in [-0.15, -0.1) is 0 Å². The number of aromatic amines is 1. The van der Waals surface area contributed by atoms with Crippen molar-refractivity contribution >= 4 is 18.2 Å². The van der Waals surface area contributed by atoms with Crippen molar-refractivity contribution in [3.05, 3.63) is 29.0 Å². The van der Waals surface area contributed by atoms with Gasteiger partial charge in [0.25, 0.3) is 0 Å². The number of nitrogen functional groups attached to an aromatic ring is 1. The number of alkyl halides is 2. The molecule has 0 unspecified atom stereocenters. The lowest BCUT2D eigenvalue weighted by Gasteiger charge is -2.09. The average molecular weight is 270 g/mol. The van der Waals surface area contributed by atoms with Crippen LogP contribution in [0.5, 0.6) is 5.75 Å². The number of benzene rings is 1. The minimum atomic E-state index is -2.92. The van der Waals surface area contributed by atoms with Crippen LogP contribution in [0.3, 0.4) is 0 Å². The summed E-state index contributed by atoms with van der Waals surface area (Å²) < 4.78 is 28.9. The van der Waals surface area contributed by atoms with Crippen LogP contribution in [-0.4, -0.2) is 21.6 Å². The minimum Gasteiger partial charge on any atom is -0.434 e. The van der Waals surface area contributed by atoms with Crippen LogP contribution in [-0.2, 0) is 0 Å². The lowest BCUT2D eigenvalue weighted by Crippen LogP contribution is -2.05. The Morgan fingerprint density at radius 2 is 2.00 bits per heavy atom. The molecule has 1 heterocycles. The number of nitrogens with zero attached hydrogens (tertiary/aromatic N) is 2. The Balaban J connectivity index is 2.52. The highest BCUT2D eigenvalue weighted by atomic mass is 32.1. The molecule has 0 atom stereocenters.